The Hall–Kier alpha value is -5.73. The molecule has 8 heterocycles. The summed E-state index contributed by atoms with van der Waals surface area (Å²) in [5.41, 5.74) is 6.44. The standard InChI is InChI=1S/C17H19FN4O2S.C16H19BrFN3O2S.C13H25NO4S.C11H22N2O2.C8H3BrClFN2.C8H17NO2S.C6H15N.C2H6O2S.ClH/c1-19-16-10-15-13(9-14(16)18)17(21-11-20-15)22-7-4-3-5-12(22)6-8-25(2,23)24;1-24(22,23)7-5-11-4-2-3-6-21(11)16-12-8-14(18)13(17)9-15(12)19-10-20-16;1-13(2,3)18-12(15)14-9-6-5-7-11(14)8-10-19(4,16)17;1-11(2,3)15-10(14)13-7-5-4-6-9(13)8-12;9-5-2-7-4(1-6(5)11)8(10)13-3-12-7;1-12(10,11)7-5-8-4-2-3-6-9-8;1-4-7(5-2)6-3;1-5(2,3)4;/h9-12H,3-8H2,2H3;8-11H,2-7H2,1H3;11H,5-10H2,1-4H3;9H,4-8,12H2,1-3H3;1-3H;8-9H,2-7H2,1H3;4-6H2,1-3H3;1-2H3;1H. The van der Waals surface area contributed by atoms with E-state index in [2.05, 4.69) is 107 Å². The van der Waals surface area contributed by atoms with Crippen LogP contribution >= 0.6 is 55.9 Å². The number of benzene rings is 3. The third kappa shape index (κ3) is 42.4. The zero-order valence-corrected chi connectivity index (χ0v) is 81.4. The fourth-order valence-electron chi connectivity index (χ4n) is 13.7. The smallest absolute Gasteiger partial charge is 0.410 e. The molecule has 0 saturated carbocycles. The van der Waals surface area contributed by atoms with Crippen LogP contribution in [-0.2, 0) is 58.7 Å². The highest BCUT2D eigenvalue weighted by Gasteiger charge is 2.34. The lowest BCUT2D eigenvalue weighted by atomic mass is 9.99. The highest BCUT2D eigenvalue weighted by molar-refractivity contribution is 9.10. The van der Waals surface area contributed by atoms with Crippen molar-refractivity contribution in [2.24, 2.45) is 5.73 Å². The number of sulfone groups is 5. The molecule has 3 aromatic carbocycles. The van der Waals surface area contributed by atoms with Crippen molar-refractivity contribution in [1.82, 2.24) is 49.9 Å². The Balaban J connectivity index is 0.000000370. The van der Waals surface area contributed by atoms with E-state index in [1.807, 2.05) is 41.5 Å². The molecule has 5 saturated heterocycles. The molecule has 40 heteroatoms. The Morgan fingerprint density at radius 2 is 0.860 bits per heavy atom. The summed E-state index contributed by atoms with van der Waals surface area (Å²) in [5.74, 6) is 0.686. The van der Waals surface area contributed by atoms with Crippen molar-refractivity contribution < 1.29 is 74.3 Å². The van der Waals surface area contributed by atoms with Gasteiger partial charge in [-0.1, -0.05) is 38.8 Å². The van der Waals surface area contributed by atoms with Crippen molar-refractivity contribution in [1.29, 1.82) is 0 Å². The van der Waals surface area contributed by atoms with Gasteiger partial charge in [-0.15, -0.1) is 12.4 Å². The van der Waals surface area contributed by atoms with Crippen LogP contribution < -0.4 is 20.9 Å². The topological polar surface area (TPSA) is 359 Å². The van der Waals surface area contributed by atoms with Crippen molar-refractivity contribution in [3.05, 3.63) is 98.3 Å². The molecule has 2 amide bonds. The molecule has 28 nitrogen and oxygen atoms in total. The highest BCUT2D eigenvalue weighted by atomic mass is 79.9. The van der Waals surface area contributed by atoms with E-state index in [0.717, 1.165) is 129 Å². The van der Waals surface area contributed by atoms with Crippen LogP contribution in [0.5, 0.6) is 0 Å². The van der Waals surface area contributed by atoms with Crippen LogP contribution in [0.2, 0.25) is 5.15 Å². The molecule has 11 rings (SSSR count). The molecule has 0 bridgehead atoms. The van der Waals surface area contributed by atoms with Gasteiger partial charge in [-0.05, 0) is 252 Å². The number of carbonyl (C=O) groups is 2. The lowest BCUT2D eigenvalue weighted by molar-refractivity contribution is 0.00898. The Morgan fingerprint density at radius 1 is 0.512 bits per heavy atom. The van der Waals surface area contributed by atoms with Crippen LogP contribution in [-0.4, -0.2) is 260 Å². The molecular formula is C81H127Br2Cl2F3N14O14S5. The van der Waals surface area contributed by atoms with E-state index in [0.29, 0.717) is 97.4 Å². The molecule has 5 atom stereocenters. The second-order valence-corrected chi connectivity index (χ2v) is 46.1. The number of amides is 2. The summed E-state index contributed by atoms with van der Waals surface area (Å²) < 4.78 is 162. The van der Waals surface area contributed by atoms with Crippen molar-refractivity contribution in [3.63, 3.8) is 0 Å². The normalized spacial score (nSPS) is 18.4. The van der Waals surface area contributed by atoms with Crippen LogP contribution in [0.1, 0.15) is 184 Å². The summed E-state index contributed by atoms with van der Waals surface area (Å²) in [6.07, 6.45) is 28.9. The maximum atomic E-state index is 14.1. The third-order valence-electron chi connectivity index (χ3n) is 19.7. The Kier molecular flexibility index (Phi) is 46.8. The lowest BCUT2D eigenvalue weighted by Crippen LogP contribution is -2.49. The summed E-state index contributed by atoms with van der Waals surface area (Å²) in [6, 6.07) is 9.42. The number of fused-ring (bicyclic) bond motifs is 3. The summed E-state index contributed by atoms with van der Waals surface area (Å²) in [7, 11) is -14.5. The predicted octanol–water partition coefficient (Wildman–Crippen LogP) is 15.6. The maximum Gasteiger partial charge on any atom is 0.410 e. The number of likely N-dealkylation sites (tertiary alicyclic amines) is 2. The van der Waals surface area contributed by atoms with Gasteiger partial charge in [-0.2, -0.15) is 0 Å². The van der Waals surface area contributed by atoms with Crippen molar-refractivity contribution in [2.75, 3.05) is 129 Å². The van der Waals surface area contributed by atoms with Gasteiger partial charge in [-0.3, -0.25) is 0 Å². The van der Waals surface area contributed by atoms with Crippen molar-refractivity contribution >= 4 is 167 Å². The minimum atomic E-state index is -3.04. The van der Waals surface area contributed by atoms with E-state index in [1.165, 1.54) is 101 Å². The first-order chi connectivity index (χ1) is 55.9. The van der Waals surface area contributed by atoms with Gasteiger partial charge in [0.05, 0.1) is 55.1 Å². The average Bonchev–Trinajstić information content (AvgIpc) is 0.789. The molecule has 0 aliphatic carbocycles. The number of carbonyl (C=O) groups excluding carboxylic acids is 2. The molecule has 684 valence electrons. The molecule has 3 N–H and O–H groups in total. The number of hydrogen-bond donors (Lipinski definition) is 2. The molecule has 5 aliphatic rings. The van der Waals surface area contributed by atoms with Crippen LogP contribution in [0.3, 0.4) is 0 Å². The predicted molar refractivity (Wildman–Crippen MR) is 490 cm³/mol. The molecule has 3 aromatic heterocycles. The van der Waals surface area contributed by atoms with Gasteiger partial charge >= 0.3 is 12.2 Å². The molecular weight excluding hydrogens is 1840 g/mol. The van der Waals surface area contributed by atoms with E-state index >= 15 is 0 Å². The van der Waals surface area contributed by atoms with Gasteiger partial charge in [-0.25, -0.2) is 99.6 Å². The molecule has 0 spiro atoms. The van der Waals surface area contributed by atoms with Crippen molar-refractivity contribution in [3.8, 4) is 0 Å². The zero-order valence-electron chi connectivity index (χ0n) is 72.6. The van der Waals surface area contributed by atoms with Crippen LogP contribution in [0, 0.1) is 24.0 Å². The fraction of sp³-hybridized carbons (Fsp3) is 0.667. The number of nitrogens with one attached hydrogen (secondary N) is 1. The molecule has 5 aliphatic heterocycles. The van der Waals surface area contributed by atoms with E-state index in [9.17, 15) is 64.8 Å². The van der Waals surface area contributed by atoms with Gasteiger partial charge in [0, 0.05) is 117 Å². The minimum Gasteiger partial charge on any atom is -0.444 e. The monoisotopic (exact) mass is 1960 g/mol. The third-order valence-corrected chi connectivity index (χ3v) is 25.2. The average molecular weight is 1970 g/mol. The lowest BCUT2D eigenvalue weighted by Gasteiger charge is -2.37. The van der Waals surface area contributed by atoms with Gasteiger partial charge < -0.3 is 45.0 Å². The van der Waals surface area contributed by atoms with Crippen LogP contribution in [0.4, 0.5) is 40.1 Å². The number of hydrogen-bond acceptors (Lipinski definition) is 25. The number of aromatic nitrogens is 6. The minimum absolute atomic E-state index is 0. The van der Waals surface area contributed by atoms with Crippen molar-refractivity contribution in [2.45, 2.75) is 226 Å². The summed E-state index contributed by atoms with van der Waals surface area (Å²) in [4.78, 5) is 61.9. The summed E-state index contributed by atoms with van der Waals surface area (Å²) in [5, 5.41) is 5.32. The number of piperidine rings is 5. The van der Waals surface area contributed by atoms with E-state index in [4.69, 9.17) is 33.4 Å². The summed E-state index contributed by atoms with van der Waals surface area (Å²) >= 11 is 12.0. The first-order valence-corrected chi connectivity index (χ1v) is 53.1. The second-order valence-electron chi connectivity index (χ2n) is 32.7. The number of anilines is 2. The second kappa shape index (κ2) is 51.8. The number of halogens is 7. The highest BCUT2D eigenvalue weighted by Crippen LogP contribution is 2.36. The van der Waals surface area contributed by atoms with Gasteiger partial charge in [0.2, 0.25) is 5.69 Å². The fourth-order valence-corrected chi connectivity index (χ4v) is 17.4. The Bertz CT molecular complexity index is 4910. The molecule has 0 radical (unpaired) electrons. The van der Waals surface area contributed by atoms with E-state index < -0.39 is 66.2 Å². The number of ether oxygens (including phenoxy) is 2. The Labute approximate surface area is 744 Å². The number of nitrogens with two attached hydrogens (primary N) is 1. The molecule has 121 heavy (non-hydrogen) atoms. The van der Waals surface area contributed by atoms with Crippen LogP contribution in [0.25, 0.3) is 37.6 Å². The molecule has 5 fully saturated rings. The first kappa shape index (κ1) is 109. The number of rotatable bonds is 18. The van der Waals surface area contributed by atoms with Gasteiger partial charge in [0.15, 0.2) is 0 Å². The van der Waals surface area contributed by atoms with E-state index in [-0.39, 0.29) is 88.5 Å². The SMILES string of the molecule is CC(C)(C)OC(=O)N1CCCCC1CCS(C)(=O)=O.CC(C)(C)OC(=O)N1CCCCC1CN.CCN(CC)CC.CS(=O)(=O)CCC1CCCCN1.CS(=O)(=O)CCC1CCCCN1c1ncnc2cc(Br)c(F)cc12.CS(C)(=O)=O.Cl.Fc1cc2c(Cl)ncnc2cc1Br.[C-]#[N+]c1cc2ncnc(N3CCCCC3CCS(C)(=O)=O)c2cc1F. The molecule has 6 aromatic rings. The zero-order chi connectivity index (χ0) is 90.2. The van der Waals surface area contributed by atoms with Crippen LogP contribution in [0.15, 0.2) is 64.3 Å². The number of nitrogens with zero attached hydrogens (tertiary/aromatic N) is 12. The Morgan fingerprint density at radius 3 is 1.24 bits per heavy atom. The quantitative estimate of drug-likeness (QED) is 0.0596. The maximum absolute atomic E-state index is 14.1. The largest absolute Gasteiger partial charge is 0.444 e. The van der Waals surface area contributed by atoms with Gasteiger partial charge in [0.25, 0.3) is 0 Å². The van der Waals surface area contributed by atoms with E-state index in [1.54, 1.807) is 21.9 Å². The molecule has 5 unspecified atom stereocenters. The summed E-state index contributed by atoms with van der Waals surface area (Å²) in [6.45, 7) is 32.8. The van der Waals surface area contributed by atoms with Gasteiger partial charge in [0.1, 0.15) is 114 Å². The first-order valence-electron chi connectivity index (χ1n) is 40.6.